The fraction of sp³-hybridized carbons (Fsp3) is 0.412. The molecule has 0 aliphatic rings. The van der Waals surface area contributed by atoms with Crippen molar-refractivity contribution in [3.63, 3.8) is 0 Å². The van der Waals surface area contributed by atoms with Gasteiger partial charge in [-0.3, -0.25) is 0 Å². The zero-order valence-corrected chi connectivity index (χ0v) is 12.6. The van der Waals surface area contributed by atoms with Gasteiger partial charge in [-0.2, -0.15) is 0 Å². The van der Waals surface area contributed by atoms with Crippen LogP contribution < -0.4 is 10.5 Å². The van der Waals surface area contributed by atoms with Gasteiger partial charge in [-0.05, 0) is 62.6 Å². The van der Waals surface area contributed by atoms with E-state index < -0.39 is 0 Å². The number of hydrogen-bond acceptors (Lipinski definition) is 3. The molecule has 2 N–H and O–H groups in total. The van der Waals surface area contributed by atoms with Gasteiger partial charge in [0.25, 0.3) is 0 Å². The van der Waals surface area contributed by atoms with Crippen molar-refractivity contribution in [1.29, 1.82) is 0 Å². The fourth-order valence-corrected chi connectivity index (χ4v) is 2.11. The zero-order valence-electron chi connectivity index (χ0n) is 12.6. The maximum absolute atomic E-state index is 6.19. The van der Waals surface area contributed by atoms with Crippen LogP contribution in [0.4, 0.5) is 0 Å². The molecule has 0 aliphatic heterocycles. The van der Waals surface area contributed by atoms with Gasteiger partial charge in [-0.1, -0.05) is 13.0 Å². The number of nitrogens with two attached hydrogens (primary N) is 1. The lowest BCUT2D eigenvalue weighted by atomic mass is 10.1. The zero-order chi connectivity index (χ0) is 14.7. The van der Waals surface area contributed by atoms with Crippen LogP contribution in [-0.2, 0) is 0 Å². The van der Waals surface area contributed by atoms with E-state index in [1.807, 2.05) is 31.2 Å². The Labute approximate surface area is 120 Å². The quantitative estimate of drug-likeness (QED) is 0.893. The second-order valence-electron chi connectivity index (χ2n) is 5.31. The van der Waals surface area contributed by atoms with Crippen LogP contribution >= 0.6 is 0 Å². The number of furan rings is 1. The normalized spacial score (nSPS) is 14.1. The van der Waals surface area contributed by atoms with Gasteiger partial charge in [0, 0.05) is 6.04 Å². The van der Waals surface area contributed by atoms with Crippen LogP contribution in [0.25, 0.3) is 0 Å². The molecule has 1 heterocycles. The van der Waals surface area contributed by atoms with Crippen LogP contribution in [0.15, 0.2) is 34.7 Å². The Morgan fingerprint density at radius 3 is 2.40 bits per heavy atom. The molecule has 108 valence electrons. The molecule has 3 heteroatoms. The number of aryl methyl sites for hydroxylation is 3. The summed E-state index contributed by atoms with van der Waals surface area (Å²) in [7, 11) is 0. The Balaban J connectivity index is 2.25. The van der Waals surface area contributed by atoms with Gasteiger partial charge in [0.1, 0.15) is 17.3 Å². The summed E-state index contributed by atoms with van der Waals surface area (Å²) in [4.78, 5) is 0. The number of hydrogen-bond donors (Lipinski definition) is 1. The average Bonchev–Trinajstić information content (AvgIpc) is 2.85. The van der Waals surface area contributed by atoms with E-state index in [4.69, 9.17) is 14.9 Å². The van der Waals surface area contributed by atoms with Crippen LogP contribution in [0, 0.1) is 20.8 Å². The molecule has 1 aromatic heterocycles. The summed E-state index contributed by atoms with van der Waals surface area (Å²) in [6.45, 7) is 8.14. The molecule has 0 spiro atoms. The average molecular weight is 273 g/mol. The smallest absolute Gasteiger partial charge is 0.171 e. The monoisotopic (exact) mass is 273 g/mol. The van der Waals surface area contributed by atoms with E-state index >= 15 is 0 Å². The van der Waals surface area contributed by atoms with Crippen molar-refractivity contribution in [2.45, 2.75) is 46.3 Å². The first-order valence-corrected chi connectivity index (χ1v) is 7.07. The molecule has 0 amide bonds. The van der Waals surface area contributed by atoms with Crippen molar-refractivity contribution in [2.75, 3.05) is 0 Å². The Morgan fingerprint density at radius 1 is 1.10 bits per heavy atom. The van der Waals surface area contributed by atoms with Crippen molar-refractivity contribution in [3.05, 3.63) is 53.0 Å². The van der Waals surface area contributed by atoms with Gasteiger partial charge in [0.2, 0.25) is 0 Å². The van der Waals surface area contributed by atoms with Crippen molar-refractivity contribution < 1.29 is 9.15 Å². The number of benzene rings is 1. The first-order chi connectivity index (χ1) is 9.51. The third-order valence-corrected chi connectivity index (χ3v) is 3.64. The molecule has 0 radical (unpaired) electrons. The van der Waals surface area contributed by atoms with E-state index in [-0.39, 0.29) is 12.1 Å². The maximum Gasteiger partial charge on any atom is 0.171 e. The lowest BCUT2D eigenvalue weighted by molar-refractivity contribution is 0.143. The summed E-state index contributed by atoms with van der Waals surface area (Å²) in [5.74, 6) is 2.49. The minimum atomic E-state index is -0.254. The molecule has 0 bridgehead atoms. The minimum Gasteiger partial charge on any atom is -0.481 e. The van der Waals surface area contributed by atoms with Crippen molar-refractivity contribution >= 4 is 0 Å². The minimum absolute atomic E-state index is 0.0952. The summed E-state index contributed by atoms with van der Waals surface area (Å²) < 4.78 is 11.8. The van der Waals surface area contributed by atoms with Gasteiger partial charge in [-0.15, -0.1) is 0 Å². The van der Waals surface area contributed by atoms with E-state index in [0.29, 0.717) is 0 Å². The number of rotatable bonds is 5. The van der Waals surface area contributed by atoms with E-state index in [1.165, 1.54) is 11.1 Å². The molecular weight excluding hydrogens is 250 g/mol. The van der Waals surface area contributed by atoms with E-state index in [9.17, 15) is 0 Å². The van der Waals surface area contributed by atoms with Crippen molar-refractivity contribution in [3.8, 4) is 5.75 Å². The Morgan fingerprint density at radius 2 is 1.85 bits per heavy atom. The highest BCUT2D eigenvalue weighted by atomic mass is 16.5. The van der Waals surface area contributed by atoms with Crippen LogP contribution in [0.3, 0.4) is 0 Å². The van der Waals surface area contributed by atoms with Crippen LogP contribution in [-0.4, -0.2) is 6.04 Å². The first kappa shape index (κ1) is 14.7. The summed E-state index contributed by atoms with van der Waals surface area (Å²) in [5, 5.41) is 0. The van der Waals surface area contributed by atoms with Crippen molar-refractivity contribution in [1.82, 2.24) is 0 Å². The van der Waals surface area contributed by atoms with Gasteiger partial charge in [0.05, 0.1) is 0 Å². The molecule has 2 aromatic rings. The molecule has 1 aromatic carbocycles. The Hall–Kier alpha value is -1.74. The topological polar surface area (TPSA) is 48.4 Å². The first-order valence-electron chi connectivity index (χ1n) is 7.07. The molecule has 2 atom stereocenters. The van der Waals surface area contributed by atoms with E-state index in [1.54, 1.807) is 0 Å². The molecule has 0 fully saturated rings. The molecule has 2 rings (SSSR count). The molecular formula is C17H23NO2. The second-order valence-corrected chi connectivity index (χ2v) is 5.31. The molecule has 0 saturated heterocycles. The Kier molecular flexibility index (Phi) is 4.50. The molecule has 0 saturated carbocycles. The molecule has 0 aliphatic carbocycles. The van der Waals surface area contributed by atoms with Crippen LogP contribution in [0.5, 0.6) is 5.75 Å². The fourth-order valence-electron chi connectivity index (χ4n) is 2.11. The predicted octanol–water partition coefficient (Wildman–Crippen LogP) is 4.06. The van der Waals surface area contributed by atoms with Crippen LogP contribution in [0.2, 0.25) is 0 Å². The van der Waals surface area contributed by atoms with Gasteiger partial charge in [0.15, 0.2) is 6.10 Å². The predicted molar refractivity (Wildman–Crippen MR) is 81.0 cm³/mol. The van der Waals surface area contributed by atoms with Gasteiger partial charge >= 0.3 is 0 Å². The van der Waals surface area contributed by atoms with Gasteiger partial charge in [-0.25, -0.2) is 0 Å². The standard InChI is InChI=1S/C17H23NO2/c1-5-15(18)17(16-9-7-13(4)19-16)20-14-8-6-11(2)12(3)10-14/h6-10,15,17H,5,18H2,1-4H3. The Bertz CT molecular complexity index is 574. The summed E-state index contributed by atoms with van der Waals surface area (Å²) >= 11 is 0. The van der Waals surface area contributed by atoms with E-state index in [2.05, 4.69) is 26.8 Å². The van der Waals surface area contributed by atoms with E-state index in [0.717, 1.165) is 23.7 Å². The lowest BCUT2D eigenvalue weighted by Crippen LogP contribution is -2.31. The lowest BCUT2D eigenvalue weighted by Gasteiger charge is -2.23. The van der Waals surface area contributed by atoms with Gasteiger partial charge < -0.3 is 14.9 Å². The third-order valence-electron chi connectivity index (χ3n) is 3.64. The summed E-state index contributed by atoms with van der Waals surface area (Å²) in [5.41, 5.74) is 8.65. The highest BCUT2D eigenvalue weighted by Gasteiger charge is 2.23. The number of ether oxygens (including phenoxy) is 1. The maximum atomic E-state index is 6.19. The summed E-state index contributed by atoms with van der Waals surface area (Å²) in [6, 6.07) is 9.87. The largest absolute Gasteiger partial charge is 0.481 e. The van der Waals surface area contributed by atoms with Crippen LogP contribution in [0.1, 0.15) is 42.1 Å². The molecule has 3 nitrogen and oxygen atoms in total. The highest BCUT2D eigenvalue weighted by molar-refractivity contribution is 5.34. The third kappa shape index (κ3) is 3.23. The molecule has 2 unspecified atom stereocenters. The second kappa shape index (κ2) is 6.14. The SMILES string of the molecule is CCC(N)C(Oc1ccc(C)c(C)c1)c1ccc(C)o1. The highest BCUT2D eigenvalue weighted by Crippen LogP contribution is 2.28. The molecule has 20 heavy (non-hydrogen) atoms. The van der Waals surface area contributed by atoms with Crippen molar-refractivity contribution in [2.24, 2.45) is 5.73 Å². The summed E-state index contributed by atoms with van der Waals surface area (Å²) in [6.07, 6.45) is 0.575.